The Labute approximate surface area is 110 Å². The van der Waals surface area contributed by atoms with Gasteiger partial charge in [-0.1, -0.05) is 12.8 Å². The van der Waals surface area contributed by atoms with Crippen molar-refractivity contribution in [3.8, 4) is 0 Å². The lowest BCUT2D eigenvalue weighted by Gasteiger charge is -2.51. The molecule has 1 aliphatic heterocycles. The van der Waals surface area contributed by atoms with Crippen LogP contribution in [0.2, 0.25) is 0 Å². The number of nitrogens with zero attached hydrogens (tertiary/aromatic N) is 2. The average molecular weight is 251 g/mol. The fraction of sp³-hybridized carbons (Fsp3) is 0.929. The molecule has 0 amide bonds. The summed E-state index contributed by atoms with van der Waals surface area (Å²) >= 11 is 0. The second-order valence-corrected chi connectivity index (χ2v) is 6.12. The van der Waals surface area contributed by atoms with Crippen LogP contribution in [0.3, 0.4) is 0 Å². The van der Waals surface area contributed by atoms with Gasteiger partial charge in [0.2, 0.25) is 0 Å². The summed E-state index contributed by atoms with van der Waals surface area (Å²) in [7, 11) is 0. The quantitative estimate of drug-likeness (QED) is 0.612. The Bertz CT molecular complexity index is 315. The van der Waals surface area contributed by atoms with Gasteiger partial charge in [0.1, 0.15) is 0 Å². The highest BCUT2D eigenvalue weighted by molar-refractivity contribution is 5.78. The molecule has 18 heavy (non-hydrogen) atoms. The molecule has 0 spiro atoms. The molecule has 0 aromatic rings. The van der Waals surface area contributed by atoms with Crippen LogP contribution in [-0.4, -0.2) is 43.7 Å². The zero-order valence-electron chi connectivity index (χ0n) is 11.2. The maximum atomic E-state index is 6.11. The van der Waals surface area contributed by atoms with Crippen molar-refractivity contribution in [1.29, 1.82) is 0 Å². The molecule has 4 nitrogen and oxygen atoms in total. The lowest BCUT2D eigenvalue weighted by molar-refractivity contribution is 0.0110. The van der Waals surface area contributed by atoms with Gasteiger partial charge in [-0.15, -0.1) is 0 Å². The molecule has 3 fully saturated rings. The first-order chi connectivity index (χ1) is 8.80. The Morgan fingerprint density at radius 3 is 2.44 bits per heavy atom. The van der Waals surface area contributed by atoms with Crippen molar-refractivity contribution in [3.05, 3.63) is 0 Å². The smallest absolute Gasteiger partial charge is 0.191 e. The van der Waals surface area contributed by atoms with Crippen LogP contribution in [0.4, 0.5) is 0 Å². The zero-order valence-corrected chi connectivity index (χ0v) is 11.2. The lowest BCUT2D eigenvalue weighted by atomic mass is 9.55. The van der Waals surface area contributed by atoms with Gasteiger partial charge < -0.3 is 15.4 Å². The molecule has 0 aromatic carbocycles. The molecular formula is C14H25N3O. The summed E-state index contributed by atoms with van der Waals surface area (Å²) in [5, 5.41) is 0. The van der Waals surface area contributed by atoms with E-state index < -0.39 is 0 Å². The number of guanidine groups is 1. The monoisotopic (exact) mass is 251 g/mol. The molecule has 1 heterocycles. The Balaban J connectivity index is 1.57. The molecular weight excluding hydrogens is 226 g/mol. The van der Waals surface area contributed by atoms with E-state index in [1.54, 1.807) is 0 Å². The van der Waals surface area contributed by atoms with Crippen LogP contribution in [0.15, 0.2) is 4.99 Å². The Morgan fingerprint density at radius 2 is 1.94 bits per heavy atom. The summed E-state index contributed by atoms with van der Waals surface area (Å²) < 4.78 is 5.34. The van der Waals surface area contributed by atoms with E-state index >= 15 is 0 Å². The Kier molecular flexibility index (Phi) is 3.46. The third-order valence-corrected chi connectivity index (χ3v) is 5.21. The van der Waals surface area contributed by atoms with Crippen molar-refractivity contribution in [1.82, 2.24) is 4.90 Å². The molecule has 4 heteroatoms. The first-order valence-electron chi connectivity index (χ1n) is 7.43. The van der Waals surface area contributed by atoms with E-state index in [-0.39, 0.29) is 0 Å². The second-order valence-electron chi connectivity index (χ2n) is 6.12. The number of nitrogens with two attached hydrogens (primary N) is 1. The fourth-order valence-corrected chi connectivity index (χ4v) is 3.48. The van der Waals surface area contributed by atoms with Crippen LogP contribution in [-0.2, 0) is 4.74 Å². The maximum absolute atomic E-state index is 6.11. The van der Waals surface area contributed by atoms with Gasteiger partial charge in [0.25, 0.3) is 0 Å². The van der Waals surface area contributed by atoms with Crippen molar-refractivity contribution in [2.45, 2.75) is 38.5 Å². The van der Waals surface area contributed by atoms with Gasteiger partial charge in [-0.05, 0) is 37.0 Å². The molecule has 0 atom stereocenters. The molecule has 0 bridgehead atoms. The van der Waals surface area contributed by atoms with Gasteiger partial charge in [-0.2, -0.15) is 0 Å². The highest BCUT2D eigenvalue weighted by Gasteiger charge is 2.45. The van der Waals surface area contributed by atoms with Crippen molar-refractivity contribution in [2.24, 2.45) is 22.1 Å². The van der Waals surface area contributed by atoms with E-state index in [2.05, 4.69) is 4.90 Å². The molecule has 2 aliphatic carbocycles. The van der Waals surface area contributed by atoms with Gasteiger partial charge in [-0.25, -0.2) is 0 Å². The molecule has 0 unspecified atom stereocenters. The fourth-order valence-electron chi connectivity index (χ4n) is 3.48. The van der Waals surface area contributed by atoms with Crippen molar-refractivity contribution in [3.63, 3.8) is 0 Å². The zero-order chi connectivity index (χ0) is 12.4. The van der Waals surface area contributed by atoms with Gasteiger partial charge in [0.05, 0.1) is 13.2 Å². The Hall–Kier alpha value is -0.770. The summed E-state index contributed by atoms with van der Waals surface area (Å²) in [5.74, 6) is 1.68. The number of hydrogen-bond donors (Lipinski definition) is 1. The molecule has 2 saturated carbocycles. The van der Waals surface area contributed by atoms with E-state index in [0.29, 0.717) is 5.41 Å². The van der Waals surface area contributed by atoms with Gasteiger partial charge >= 0.3 is 0 Å². The summed E-state index contributed by atoms with van der Waals surface area (Å²) in [5.41, 5.74) is 6.64. The van der Waals surface area contributed by atoms with Crippen LogP contribution < -0.4 is 5.73 Å². The minimum absolute atomic E-state index is 0.523. The molecule has 3 aliphatic rings. The topological polar surface area (TPSA) is 50.8 Å². The highest BCUT2D eigenvalue weighted by Crippen LogP contribution is 2.54. The SMILES string of the molecule is NC(=NCC1(C2CCC2)CCC1)N1CCOCC1. The van der Waals surface area contributed by atoms with Crippen molar-refractivity contribution < 1.29 is 4.74 Å². The largest absolute Gasteiger partial charge is 0.378 e. The third kappa shape index (κ3) is 2.22. The molecule has 1 saturated heterocycles. The van der Waals surface area contributed by atoms with Crippen LogP contribution in [0.25, 0.3) is 0 Å². The minimum atomic E-state index is 0.523. The van der Waals surface area contributed by atoms with E-state index in [0.717, 1.165) is 44.7 Å². The lowest BCUT2D eigenvalue weighted by Crippen LogP contribution is -2.47. The normalized spacial score (nSPS) is 28.7. The Morgan fingerprint density at radius 1 is 1.22 bits per heavy atom. The van der Waals surface area contributed by atoms with Crippen LogP contribution in [0.1, 0.15) is 38.5 Å². The highest BCUT2D eigenvalue weighted by atomic mass is 16.5. The van der Waals surface area contributed by atoms with Gasteiger partial charge in [-0.3, -0.25) is 4.99 Å². The van der Waals surface area contributed by atoms with E-state index in [1.807, 2.05) is 0 Å². The summed E-state index contributed by atoms with van der Waals surface area (Å²) in [6.07, 6.45) is 8.41. The van der Waals surface area contributed by atoms with E-state index in [1.165, 1.54) is 38.5 Å². The molecule has 0 radical (unpaired) electrons. The summed E-state index contributed by atoms with van der Waals surface area (Å²) in [4.78, 5) is 6.87. The number of aliphatic imine (C=N–C) groups is 1. The van der Waals surface area contributed by atoms with Crippen molar-refractivity contribution in [2.75, 3.05) is 32.8 Å². The van der Waals surface area contributed by atoms with Crippen molar-refractivity contribution >= 4 is 5.96 Å². The number of morpholine rings is 1. The van der Waals surface area contributed by atoms with Gasteiger partial charge in [0.15, 0.2) is 5.96 Å². The minimum Gasteiger partial charge on any atom is -0.378 e. The summed E-state index contributed by atoms with van der Waals surface area (Å²) in [6.45, 7) is 4.31. The number of hydrogen-bond acceptors (Lipinski definition) is 2. The maximum Gasteiger partial charge on any atom is 0.191 e. The predicted octanol–water partition coefficient (Wildman–Crippen LogP) is 1.60. The molecule has 3 rings (SSSR count). The first-order valence-corrected chi connectivity index (χ1v) is 7.43. The standard InChI is InChI=1S/C14H25N3O/c15-13(17-7-9-18-10-8-17)16-11-14(5-2-6-14)12-3-1-4-12/h12H,1-11H2,(H2,15,16). The van der Waals surface area contributed by atoms with E-state index in [9.17, 15) is 0 Å². The molecule has 2 N–H and O–H groups in total. The van der Waals surface area contributed by atoms with Crippen LogP contribution >= 0.6 is 0 Å². The van der Waals surface area contributed by atoms with Crippen LogP contribution in [0.5, 0.6) is 0 Å². The number of rotatable bonds is 3. The van der Waals surface area contributed by atoms with E-state index in [4.69, 9.17) is 15.5 Å². The summed E-state index contributed by atoms with van der Waals surface area (Å²) in [6, 6.07) is 0. The first kappa shape index (κ1) is 12.3. The molecule has 102 valence electrons. The third-order valence-electron chi connectivity index (χ3n) is 5.21. The van der Waals surface area contributed by atoms with Gasteiger partial charge in [0, 0.05) is 19.6 Å². The predicted molar refractivity (Wildman–Crippen MR) is 72.5 cm³/mol. The number of ether oxygens (including phenoxy) is 1. The average Bonchev–Trinajstić information content (AvgIpc) is 2.30. The molecule has 0 aromatic heterocycles. The second kappa shape index (κ2) is 5.08. The van der Waals surface area contributed by atoms with Crippen LogP contribution in [0, 0.1) is 11.3 Å².